The predicted octanol–water partition coefficient (Wildman–Crippen LogP) is 4.68. The van der Waals surface area contributed by atoms with E-state index in [2.05, 4.69) is 19.2 Å². The second-order valence-corrected chi connectivity index (χ2v) is 6.29. The van der Waals surface area contributed by atoms with Crippen LogP contribution in [-0.4, -0.2) is 31.3 Å². The van der Waals surface area contributed by atoms with E-state index in [9.17, 15) is 4.79 Å². The molecule has 0 aliphatic heterocycles. The van der Waals surface area contributed by atoms with Crippen LogP contribution in [-0.2, 0) is 4.79 Å². The summed E-state index contributed by atoms with van der Waals surface area (Å²) in [5, 5.41) is 12.4. The molecule has 2 aromatic rings. The fourth-order valence-electron chi connectivity index (χ4n) is 2.77. The van der Waals surface area contributed by atoms with Gasteiger partial charge in [-0.2, -0.15) is 0 Å². The number of carboxylic acid groups (broad SMARTS) is 1. The lowest BCUT2D eigenvalue weighted by Gasteiger charge is -2.16. The summed E-state index contributed by atoms with van der Waals surface area (Å²) in [5.41, 5.74) is 4.20. The van der Waals surface area contributed by atoms with Gasteiger partial charge in [-0.25, -0.2) is 4.79 Å². The number of hydrogen-bond acceptors (Lipinski definition) is 4. The highest BCUT2D eigenvalue weighted by Gasteiger charge is 2.14. The number of methoxy groups -OCH3 is 2. The van der Waals surface area contributed by atoms with Crippen molar-refractivity contribution in [2.24, 2.45) is 0 Å². The Morgan fingerprint density at radius 2 is 1.69 bits per heavy atom. The molecular formula is C21H25NO4. The fraction of sp³-hybridized carbons (Fsp3) is 0.286. The summed E-state index contributed by atoms with van der Waals surface area (Å²) in [6, 6.07) is 12.1. The van der Waals surface area contributed by atoms with E-state index in [4.69, 9.17) is 14.6 Å². The lowest BCUT2D eigenvalue weighted by Crippen LogP contribution is -2.09. The first kappa shape index (κ1) is 19.4. The minimum atomic E-state index is -0.999. The summed E-state index contributed by atoms with van der Waals surface area (Å²) < 4.78 is 11.0. The van der Waals surface area contributed by atoms with E-state index in [0.717, 1.165) is 22.9 Å². The van der Waals surface area contributed by atoms with Crippen LogP contribution in [0.15, 0.2) is 42.5 Å². The number of aliphatic carboxylic acids is 1. The van der Waals surface area contributed by atoms with Crippen LogP contribution in [0.5, 0.6) is 11.5 Å². The number of anilines is 1. The Hall–Kier alpha value is -2.95. The van der Waals surface area contributed by atoms with Crippen molar-refractivity contribution in [3.8, 4) is 22.6 Å². The van der Waals surface area contributed by atoms with Crippen LogP contribution in [0.4, 0.5) is 5.69 Å². The van der Waals surface area contributed by atoms with Crippen LogP contribution in [0.1, 0.15) is 26.3 Å². The largest absolute Gasteiger partial charge is 0.496 e. The van der Waals surface area contributed by atoms with E-state index in [1.165, 1.54) is 0 Å². The molecule has 2 rings (SSSR count). The van der Waals surface area contributed by atoms with E-state index in [0.29, 0.717) is 28.7 Å². The SMILES string of the molecule is COc1cc(-c2ccc(NC(C)C)cc2)c(OC)cc1/C(C)=C/C(=O)O. The Balaban J connectivity index is 2.51. The van der Waals surface area contributed by atoms with Crippen molar-refractivity contribution in [3.05, 3.63) is 48.0 Å². The molecule has 0 heterocycles. The first-order valence-electron chi connectivity index (χ1n) is 8.40. The average Bonchev–Trinajstić information content (AvgIpc) is 2.60. The zero-order valence-electron chi connectivity index (χ0n) is 15.8. The highest BCUT2D eigenvalue weighted by Crippen LogP contribution is 2.39. The van der Waals surface area contributed by atoms with Gasteiger partial charge in [0, 0.05) is 28.9 Å². The molecule has 5 heteroatoms. The predicted molar refractivity (Wildman–Crippen MR) is 105 cm³/mol. The molecule has 2 N–H and O–H groups in total. The highest BCUT2D eigenvalue weighted by molar-refractivity contribution is 5.91. The topological polar surface area (TPSA) is 67.8 Å². The maximum atomic E-state index is 11.0. The van der Waals surface area contributed by atoms with Gasteiger partial charge in [0.05, 0.1) is 14.2 Å². The molecule has 0 aromatic heterocycles. The summed E-state index contributed by atoms with van der Waals surface area (Å²) in [7, 11) is 3.17. The molecule has 0 aliphatic rings. The number of nitrogens with one attached hydrogen (secondary N) is 1. The Bertz CT molecular complexity index is 808. The van der Waals surface area contributed by atoms with Gasteiger partial charge in [-0.1, -0.05) is 12.1 Å². The number of rotatable bonds is 7. The van der Waals surface area contributed by atoms with E-state index < -0.39 is 5.97 Å². The molecular weight excluding hydrogens is 330 g/mol. The second-order valence-electron chi connectivity index (χ2n) is 6.29. The van der Waals surface area contributed by atoms with Crippen molar-refractivity contribution in [1.82, 2.24) is 0 Å². The van der Waals surface area contributed by atoms with Gasteiger partial charge in [-0.05, 0) is 56.2 Å². The van der Waals surface area contributed by atoms with Crippen molar-refractivity contribution in [2.75, 3.05) is 19.5 Å². The first-order chi connectivity index (χ1) is 12.3. The lowest BCUT2D eigenvalue weighted by atomic mass is 9.98. The number of hydrogen-bond donors (Lipinski definition) is 2. The van der Waals surface area contributed by atoms with Crippen molar-refractivity contribution in [3.63, 3.8) is 0 Å². The molecule has 0 bridgehead atoms. The summed E-state index contributed by atoms with van der Waals surface area (Å²) >= 11 is 0. The van der Waals surface area contributed by atoms with Crippen LogP contribution < -0.4 is 14.8 Å². The minimum Gasteiger partial charge on any atom is -0.496 e. The van der Waals surface area contributed by atoms with Gasteiger partial charge in [-0.15, -0.1) is 0 Å². The monoisotopic (exact) mass is 355 g/mol. The zero-order chi connectivity index (χ0) is 19.3. The lowest BCUT2D eigenvalue weighted by molar-refractivity contribution is -0.131. The normalized spacial score (nSPS) is 11.4. The summed E-state index contributed by atoms with van der Waals surface area (Å²) in [6.45, 7) is 5.92. The highest BCUT2D eigenvalue weighted by atomic mass is 16.5. The van der Waals surface area contributed by atoms with Crippen LogP contribution >= 0.6 is 0 Å². The van der Waals surface area contributed by atoms with Crippen LogP contribution in [0.3, 0.4) is 0 Å². The van der Waals surface area contributed by atoms with Gasteiger partial charge in [0.2, 0.25) is 0 Å². The maximum Gasteiger partial charge on any atom is 0.328 e. The van der Waals surface area contributed by atoms with Gasteiger partial charge in [0.1, 0.15) is 11.5 Å². The molecule has 0 amide bonds. The Labute approximate surface area is 154 Å². The zero-order valence-corrected chi connectivity index (χ0v) is 15.8. The molecule has 0 aliphatic carbocycles. The molecule has 26 heavy (non-hydrogen) atoms. The van der Waals surface area contributed by atoms with E-state index in [1.54, 1.807) is 21.1 Å². The Morgan fingerprint density at radius 3 is 2.19 bits per heavy atom. The van der Waals surface area contributed by atoms with Gasteiger partial charge in [-0.3, -0.25) is 0 Å². The molecule has 5 nitrogen and oxygen atoms in total. The maximum absolute atomic E-state index is 11.0. The third kappa shape index (κ3) is 4.57. The number of carbonyl (C=O) groups is 1. The third-order valence-corrected chi connectivity index (χ3v) is 3.94. The van der Waals surface area contributed by atoms with Gasteiger partial charge < -0.3 is 19.9 Å². The Morgan fingerprint density at radius 1 is 1.08 bits per heavy atom. The molecule has 0 saturated heterocycles. The van der Waals surface area contributed by atoms with Gasteiger partial charge in [0.15, 0.2) is 0 Å². The van der Waals surface area contributed by atoms with Gasteiger partial charge >= 0.3 is 5.97 Å². The molecule has 2 aromatic carbocycles. The van der Waals surface area contributed by atoms with E-state index >= 15 is 0 Å². The Kier molecular flexibility index (Phi) is 6.28. The molecule has 0 atom stereocenters. The number of benzene rings is 2. The molecule has 0 fully saturated rings. The standard InChI is InChI=1S/C21H25NO4/c1-13(2)22-16-8-6-15(7-9-16)18-12-19(25-4)17(11-20(18)26-5)14(3)10-21(23)24/h6-13,22H,1-5H3,(H,23,24)/b14-10+. The number of carboxylic acids is 1. The second kappa shape index (κ2) is 8.43. The summed E-state index contributed by atoms with van der Waals surface area (Å²) in [6.07, 6.45) is 1.16. The van der Waals surface area contributed by atoms with Crippen molar-refractivity contribution < 1.29 is 19.4 Å². The molecule has 0 radical (unpaired) electrons. The van der Waals surface area contributed by atoms with Crippen LogP contribution in [0.25, 0.3) is 16.7 Å². The molecule has 0 unspecified atom stereocenters. The van der Waals surface area contributed by atoms with Crippen LogP contribution in [0, 0.1) is 0 Å². The molecule has 0 spiro atoms. The van der Waals surface area contributed by atoms with E-state index in [-0.39, 0.29) is 0 Å². The minimum absolute atomic E-state index is 0.360. The van der Waals surface area contributed by atoms with Crippen molar-refractivity contribution in [2.45, 2.75) is 26.8 Å². The summed E-state index contributed by atoms with van der Waals surface area (Å²) in [5.74, 6) is 0.254. The molecule has 0 saturated carbocycles. The third-order valence-electron chi connectivity index (χ3n) is 3.94. The van der Waals surface area contributed by atoms with Gasteiger partial charge in [0.25, 0.3) is 0 Å². The van der Waals surface area contributed by atoms with E-state index in [1.807, 2.05) is 36.4 Å². The summed E-state index contributed by atoms with van der Waals surface area (Å²) in [4.78, 5) is 11.0. The average molecular weight is 355 g/mol. The first-order valence-corrected chi connectivity index (χ1v) is 8.40. The number of allylic oxidation sites excluding steroid dienone is 1. The smallest absolute Gasteiger partial charge is 0.328 e. The van der Waals surface area contributed by atoms with Crippen LogP contribution in [0.2, 0.25) is 0 Å². The fourth-order valence-corrected chi connectivity index (χ4v) is 2.77. The molecule has 138 valence electrons. The number of ether oxygens (including phenoxy) is 2. The van der Waals surface area contributed by atoms with Crippen molar-refractivity contribution in [1.29, 1.82) is 0 Å². The van der Waals surface area contributed by atoms with Crippen molar-refractivity contribution >= 4 is 17.2 Å². The quantitative estimate of drug-likeness (QED) is 0.706.